The summed E-state index contributed by atoms with van der Waals surface area (Å²) in [5.74, 6) is 0.0610. The minimum Gasteiger partial charge on any atom is -0.462 e. The lowest BCUT2D eigenvalue weighted by Crippen LogP contribution is -2.30. The Morgan fingerprint density at radius 3 is 0.800 bits per heavy atom. The number of carbonyl (C=O) groups excluding carboxylic acids is 3. The van der Waals surface area contributed by atoms with Gasteiger partial charge in [-0.1, -0.05) is 297 Å². The summed E-state index contributed by atoms with van der Waals surface area (Å²) in [7, 11) is 0. The Labute approximate surface area is 406 Å². The third kappa shape index (κ3) is 51.6. The molecule has 0 N–H and O–H groups in total. The van der Waals surface area contributed by atoms with Gasteiger partial charge in [0, 0.05) is 19.3 Å². The van der Waals surface area contributed by atoms with Gasteiger partial charge in [-0.15, -0.1) is 0 Å². The minimum atomic E-state index is -0.762. The maximum atomic E-state index is 12.9. The van der Waals surface area contributed by atoms with Crippen molar-refractivity contribution in [2.24, 2.45) is 5.92 Å². The van der Waals surface area contributed by atoms with Crippen LogP contribution in [0.25, 0.3) is 0 Å². The van der Waals surface area contributed by atoms with E-state index in [-0.39, 0.29) is 31.1 Å². The Balaban J connectivity index is 4.30. The van der Waals surface area contributed by atoms with E-state index in [1.54, 1.807) is 0 Å². The summed E-state index contributed by atoms with van der Waals surface area (Å²) in [5.41, 5.74) is 0. The molecule has 0 aliphatic carbocycles. The maximum Gasteiger partial charge on any atom is 0.306 e. The summed E-state index contributed by atoms with van der Waals surface area (Å²) in [5, 5.41) is 0. The molecule has 0 amide bonds. The van der Waals surface area contributed by atoms with Crippen molar-refractivity contribution in [1.29, 1.82) is 0 Å². The van der Waals surface area contributed by atoms with Crippen molar-refractivity contribution in [3.8, 4) is 0 Å². The summed E-state index contributed by atoms with van der Waals surface area (Å²) in [6, 6.07) is 0. The number of carbonyl (C=O) groups is 3. The van der Waals surface area contributed by atoms with Gasteiger partial charge in [-0.25, -0.2) is 0 Å². The molecule has 0 bridgehead atoms. The van der Waals surface area contributed by atoms with Crippen LogP contribution in [-0.4, -0.2) is 37.2 Å². The molecule has 0 radical (unpaired) electrons. The molecule has 386 valence electrons. The molecule has 0 saturated carbocycles. The fourth-order valence-corrected chi connectivity index (χ4v) is 9.07. The van der Waals surface area contributed by atoms with E-state index in [1.165, 1.54) is 231 Å². The van der Waals surface area contributed by atoms with E-state index in [0.717, 1.165) is 63.7 Å². The summed E-state index contributed by atoms with van der Waals surface area (Å²) in [6.07, 6.45) is 58.0. The molecular weight excluding hydrogens is 805 g/mol. The summed E-state index contributed by atoms with van der Waals surface area (Å²) >= 11 is 0. The van der Waals surface area contributed by atoms with Crippen LogP contribution in [0.5, 0.6) is 0 Å². The molecule has 0 heterocycles. The highest BCUT2D eigenvalue weighted by atomic mass is 16.6. The van der Waals surface area contributed by atoms with Crippen molar-refractivity contribution in [3.63, 3.8) is 0 Å². The zero-order chi connectivity index (χ0) is 47.4. The molecule has 0 rings (SSSR count). The van der Waals surface area contributed by atoms with Crippen molar-refractivity contribution in [2.75, 3.05) is 13.2 Å². The number of unbranched alkanes of at least 4 members (excludes halogenated alkanes) is 40. The molecule has 0 aromatic rings. The molecule has 65 heavy (non-hydrogen) atoms. The lowest BCUT2D eigenvalue weighted by molar-refractivity contribution is -0.167. The van der Waals surface area contributed by atoms with Crippen LogP contribution in [0, 0.1) is 5.92 Å². The molecule has 2 atom stereocenters. The Morgan fingerprint density at radius 2 is 0.538 bits per heavy atom. The average Bonchev–Trinajstić information content (AvgIpc) is 3.30. The van der Waals surface area contributed by atoms with E-state index < -0.39 is 6.10 Å². The third-order valence-corrected chi connectivity index (χ3v) is 13.9. The summed E-state index contributed by atoms with van der Waals surface area (Å²) in [6.45, 7) is 9.10. The zero-order valence-electron chi connectivity index (χ0n) is 44.5. The second-order valence-corrected chi connectivity index (χ2v) is 20.5. The first-order chi connectivity index (χ1) is 31.9. The van der Waals surface area contributed by atoms with Gasteiger partial charge < -0.3 is 14.2 Å². The first-order valence-electron chi connectivity index (χ1n) is 29.4. The Kier molecular flexibility index (Phi) is 52.1. The third-order valence-electron chi connectivity index (χ3n) is 13.9. The lowest BCUT2D eigenvalue weighted by atomic mass is 9.99. The second kappa shape index (κ2) is 53.4. The van der Waals surface area contributed by atoms with Crippen LogP contribution in [0.3, 0.4) is 0 Å². The molecular formula is C59H114O6. The van der Waals surface area contributed by atoms with Crippen LogP contribution in [-0.2, 0) is 28.6 Å². The average molecular weight is 920 g/mol. The zero-order valence-corrected chi connectivity index (χ0v) is 44.5. The fourth-order valence-electron chi connectivity index (χ4n) is 9.07. The van der Waals surface area contributed by atoms with Gasteiger partial charge in [-0.05, 0) is 25.2 Å². The molecule has 0 saturated heterocycles. The smallest absolute Gasteiger partial charge is 0.306 e. The first-order valence-corrected chi connectivity index (χ1v) is 29.4. The van der Waals surface area contributed by atoms with E-state index in [0.29, 0.717) is 19.3 Å². The minimum absolute atomic E-state index is 0.0617. The standard InChI is InChI=1S/C59H114O6/c1-5-8-10-12-14-16-18-20-22-27-31-35-39-43-47-51-58(61)64-54-56(53-63-57(60)50-46-42-38-34-30-26-21-19-17-15-13-11-9-6-2)65-59(62)52-48-44-40-36-32-28-24-23-25-29-33-37-41-45-49-55(4)7-3/h55-56H,5-54H2,1-4H3/t55?,56-/m1/s1. The van der Waals surface area contributed by atoms with Crippen LogP contribution in [0.4, 0.5) is 0 Å². The van der Waals surface area contributed by atoms with Crippen LogP contribution < -0.4 is 0 Å². The molecule has 0 aromatic heterocycles. The van der Waals surface area contributed by atoms with Gasteiger partial charge in [0.1, 0.15) is 13.2 Å². The van der Waals surface area contributed by atoms with Crippen molar-refractivity contribution >= 4 is 17.9 Å². The van der Waals surface area contributed by atoms with E-state index in [1.807, 2.05) is 0 Å². The number of ether oxygens (including phenoxy) is 3. The highest BCUT2D eigenvalue weighted by Crippen LogP contribution is 2.18. The lowest BCUT2D eigenvalue weighted by Gasteiger charge is -2.18. The number of esters is 3. The molecule has 1 unspecified atom stereocenters. The largest absolute Gasteiger partial charge is 0.462 e. The van der Waals surface area contributed by atoms with E-state index >= 15 is 0 Å². The highest BCUT2D eigenvalue weighted by Gasteiger charge is 2.19. The van der Waals surface area contributed by atoms with Crippen molar-refractivity contribution in [3.05, 3.63) is 0 Å². The monoisotopic (exact) mass is 919 g/mol. The first kappa shape index (κ1) is 63.4. The molecule has 6 nitrogen and oxygen atoms in total. The van der Waals surface area contributed by atoms with Gasteiger partial charge in [-0.3, -0.25) is 14.4 Å². The molecule has 0 spiro atoms. The molecule has 0 aliphatic heterocycles. The van der Waals surface area contributed by atoms with E-state index in [4.69, 9.17) is 14.2 Å². The van der Waals surface area contributed by atoms with Crippen molar-refractivity contribution < 1.29 is 28.6 Å². The van der Waals surface area contributed by atoms with Crippen molar-refractivity contribution in [2.45, 2.75) is 342 Å². The van der Waals surface area contributed by atoms with Gasteiger partial charge in [0.05, 0.1) is 0 Å². The second-order valence-electron chi connectivity index (χ2n) is 20.5. The SMILES string of the molecule is CCCCCCCCCCCCCCCCCC(=O)OC[C@@H](COC(=O)CCCCCCCCCCCCCCCC)OC(=O)CCCCCCCCCCCCCCCCC(C)CC. The normalized spacial score (nSPS) is 12.4. The summed E-state index contributed by atoms with van der Waals surface area (Å²) < 4.78 is 16.9. The molecule has 6 heteroatoms. The Morgan fingerprint density at radius 1 is 0.308 bits per heavy atom. The number of hydrogen-bond donors (Lipinski definition) is 0. The molecule has 0 aromatic carbocycles. The molecule has 0 fully saturated rings. The van der Waals surface area contributed by atoms with Gasteiger partial charge in [-0.2, -0.15) is 0 Å². The number of hydrogen-bond acceptors (Lipinski definition) is 6. The maximum absolute atomic E-state index is 12.9. The van der Waals surface area contributed by atoms with Gasteiger partial charge >= 0.3 is 17.9 Å². The predicted molar refractivity (Wildman–Crippen MR) is 280 cm³/mol. The summed E-state index contributed by atoms with van der Waals surface area (Å²) in [4.78, 5) is 38.2. The van der Waals surface area contributed by atoms with Crippen LogP contribution in [0.2, 0.25) is 0 Å². The highest BCUT2D eigenvalue weighted by molar-refractivity contribution is 5.71. The number of rotatable bonds is 54. The Bertz CT molecular complexity index is 982. The molecule has 0 aliphatic rings. The van der Waals surface area contributed by atoms with E-state index in [2.05, 4.69) is 27.7 Å². The fraction of sp³-hybridized carbons (Fsp3) is 0.949. The van der Waals surface area contributed by atoms with Crippen molar-refractivity contribution in [1.82, 2.24) is 0 Å². The van der Waals surface area contributed by atoms with E-state index in [9.17, 15) is 14.4 Å². The topological polar surface area (TPSA) is 78.9 Å². The van der Waals surface area contributed by atoms with Crippen LogP contribution >= 0.6 is 0 Å². The van der Waals surface area contributed by atoms with Gasteiger partial charge in [0.15, 0.2) is 6.10 Å². The quantitative estimate of drug-likeness (QED) is 0.0344. The van der Waals surface area contributed by atoms with Gasteiger partial charge in [0.25, 0.3) is 0 Å². The predicted octanol–water partition coefficient (Wildman–Crippen LogP) is 19.4. The van der Waals surface area contributed by atoms with Gasteiger partial charge in [0.2, 0.25) is 0 Å². The van der Waals surface area contributed by atoms with Crippen LogP contribution in [0.15, 0.2) is 0 Å². The van der Waals surface area contributed by atoms with Crippen LogP contribution in [0.1, 0.15) is 336 Å². The Hall–Kier alpha value is -1.59.